The van der Waals surface area contributed by atoms with Gasteiger partial charge in [0.05, 0.1) is 25.7 Å². The maximum atomic E-state index is 13.7. The maximum absolute atomic E-state index is 13.7. The second kappa shape index (κ2) is 15.7. The van der Waals surface area contributed by atoms with Crippen molar-refractivity contribution in [1.82, 2.24) is 10.2 Å². The number of carbonyl (C=O) groups is 2. The van der Waals surface area contributed by atoms with Crippen LogP contribution in [0.2, 0.25) is 0 Å². The Balaban J connectivity index is 1.78. The molecule has 9 nitrogen and oxygen atoms in total. The Morgan fingerprint density at radius 2 is 1.71 bits per heavy atom. The normalized spacial score (nSPS) is 14.6. The molecule has 0 aliphatic heterocycles. The summed E-state index contributed by atoms with van der Waals surface area (Å²) in [7, 11) is -2.03. The average Bonchev–Trinajstić information content (AvgIpc) is 2.96. The summed E-state index contributed by atoms with van der Waals surface area (Å²) in [5.74, 6) is 0.850. The molecule has 10 heteroatoms. The highest BCUT2D eigenvalue weighted by Gasteiger charge is 2.30. The number of sulfonamides is 1. The second-order valence-electron chi connectivity index (χ2n) is 10.5. The minimum atomic E-state index is -3.63. The molecule has 0 unspecified atom stereocenters. The van der Waals surface area contributed by atoms with Crippen molar-refractivity contribution in [2.75, 3.05) is 30.8 Å². The summed E-state index contributed by atoms with van der Waals surface area (Å²) in [5, 5.41) is 3.19. The molecule has 3 rings (SSSR count). The third kappa shape index (κ3) is 9.38. The van der Waals surface area contributed by atoms with Gasteiger partial charge in [0.25, 0.3) is 0 Å². The molecule has 1 N–H and O–H groups in total. The molecule has 1 fully saturated rings. The van der Waals surface area contributed by atoms with Gasteiger partial charge in [-0.3, -0.25) is 13.9 Å². The number of rotatable bonds is 15. The Bertz CT molecular complexity index is 1230. The van der Waals surface area contributed by atoms with Crippen molar-refractivity contribution in [1.29, 1.82) is 0 Å². The van der Waals surface area contributed by atoms with Gasteiger partial charge in [-0.1, -0.05) is 50.5 Å². The summed E-state index contributed by atoms with van der Waals surface area (Å²) in [6.07, 6.45) is 7.29. The first kappa shape index (κ1) is 32.2. The fourth-order valence-corrected chi connectivity index (χ4v) is 6.28. The van der Waals surface area contributed by atoms with Crippen LogP contribution in [0.5, 0.6) is 11.5 Å². The van der Waals surface area contributed by atoms with Gasteiger partial charge in [0.2, 0.25) is 21.8 Å². The number of para-hydroxylation sites is 2. The largest absolute Gasteiger partial charge is 0.497 e. The van der Waals surface area contributed by atoms with Crippen LogP contribution in [0.4, 0.5) is 5.69 Å². The summed E-state index contributed by atoms with van der Waals surface area (Å²) in [5.41, 5.74) is 1.32. The first-order valence-electron chi connectivity index (χ1n) is 14.6. The third-order valence-corrected chi connectivity index (χ3v) is 8.62. The molecule has 41 heavy (non-hydrogen) atoms. The Morgan fingerprint density at radius 3 is 2.32 bits per heavy atom. The molecule has 2 aromatic carbocycles. The summed E-state index contributed by atoms with van der Waals surface area (Å²) in [6.45, 7) is 4.52. The number of nitrogens with zero attached hydrogens (tertiary/aromatic N) is 2. The van der Waals surface area contributed by atoms with Crippen molar-refractivity contribution < 1.29 is 27.5 Å². The van der Waals surface area contributed by atoms with Crippen LogP contribution in [0.15, 0.2) is 48.5 Å². The molecule has 1 saturated carbocycles. The van der Waals surface area contributed by atoms with Gasteiger partial charge < -0.3 is 19.7 Å². The molecule has 0 bridgehead atoms. The Kier molecular flexibility index (Phi) is 12.3. The van der Waals surface area contributed by atoms with Crippen molar-refractivity contribution in [3.63, 3.8) is 0 Å². The highest BCUT2D eigenvalue weighted by atomic mass is 32.2. The zero-order valence-electron chi connectivity index (χ0n) is 24.8. The van der Waals surface area contributed by atoms with E-state index in [1.165, 1.54) is 10.7 Å². The van der Waals surface area contributed by atoms with Crippen molar-refractivity contribution in [2.45, 2.75) is 83.8 Å². The van der Waals surface area contributed by atoms with E-state index < -0.39 is 16.1 Å². The Labute approximate surface area is 245 Å². The molecule has 226 valence electrons. The Morgan fingerprint density at radius 1 is 1.02 bits per heavy atom. The molecule has 1 aliphatic rings. The van der Waals surface area contributed by atoms with Crippen molar-refractivity contribution in [3.8, 4) is 11.5 Å². The Hall–Kier alpha value is -3.27. The fraction of sp³-hybridized carbons (Fsp3) is 0.548. The van der Waals surface area contributed by atoms with Crippen LogP contribution in [-0.2, 0) is 26.2 Å². The number of hydrogen-bond acceptors (Lipinski definition) is 6. The number of ether oxygens (including phenoxy) is 2. The molecule has 2 aromatic rings. The SMILES string of the molecule is CCOc1ccccc1N(CCCC(=O)N(Cc1ccc(OC)cc1)[C@H](CC)C(=O)NC1CCCCC1)S(C)(=O)=O. The lowest BCUT2D eigenvalue weighted by Crippen LogP contribution is -2.51. The summed E-state index contributed by atoms with van der Waals surface area (Å²) in [4.78, 5) is 28.8. The minimum absolute atomic E-state index is 0.0895. The van der Waals surface area contributed by atoms with Gasteiger partial charge in [0.1, 0.15) is 17.5 Å². The van der Waals surface area contributed by atoms with Crippen LogP contribution in [0, 0.1) is 0 Å². The van der Waals surface area contributed by atoms with Crippen molar-refractivity contribution in [2.24, 2.45) is 0 Å². The second-order valence-corrected chi connectivity index (χ2v) is 12.4. The van der Waals surface area contributed by atoms with Gasteiger partial charge in [0, 0.05) is 25.6 Å². The predicted octanol–water partition coefficient (Wildman–Crippen LogP) is 4.90. The molecule has 0 saturated heterocycles. The molecule has 0 radical (unpaired) electrons. The van der Waals surface area contributed by atoms with E-state index in [0.717, 1.165) is 37.5 Å². The summed E-state index contributed by atoms with van der Waals surface area (Å²) < 4.78 is 37.7. The molecular formula is C31H45N3O6S. The number of benzene rings is 2. The number of anilines is 1. The maximum Gasteiger partial charge on any atom is 0.243 e. The van der Waals surface area contributed by atoms with Gasteiger partial charge in [-0.15, -0.1) is 0 Å². The zero-order chi connectivity index (χ0) is 29.8. The molecule has 1 aliphatic carbocycles. The quantitative estimate of drug-likeness (QED) is 0.318. The van der Waals surface area contributed by atoms with Crippen LogP contribution < -0.4 is 19.1 Å². The molecule has 0 spiro atoms. The van der Waals surface area contributed by atoms with Gasteiger partial charge in [-0.2, -0.15) is 0 Å². The van der Waals surface area contributed by atoms with E-state index in [1.807, 2.05) is 38.1 Å². The molecule has 2 amide bonds. The van der Waals surface area contributed by atoms with Crippen molar-refractivity contribution in [3.05, 3.63) is 54.1 Å². The van der Waals surface area contributed by atoms with Crippen LogP contribution in [0.1, 0.15) is 70.8 Å². The van der Waals surface area contributed by atoms with E-state index in [0.29, 0.717) is 30.2 Å². The van der Waals surface area contributed by atoms with Crippen LogP contribution in [0.25, 0.3) is 0 Å². The van der Waals surface area contributed by atoms with Crippen LogP contribution in [0.3, 0.4) is 0 Å². The van der Waals surface area contributed by atoms with Crippen LogP contribution in [-0.4, -0.2) is 63.7 Å². The van der Waals surface area contributed by atoms with E-state index in [9.17, 15) is 18.0 Å². The van der Waals surface area contributed by atoms with E-state index in [2.05, 4.69) is 5.32 Å². The average molecular weight is 588 g/mol. The standard InChI is InChI=1S/C31H45N3O6S/c1-5-27(31(36)32-25-13-8-7-9-14-25)33(23-24-18-20-26(39-3)21-19-24)30(35)17-12-22-34(41(4,37)38)28-15-10-11-16-29(28)40-6-2/h10-11,15-16,18-21,25,27H,5-9,12-14,17,22-23H2,1-4H3,(H,32,36)/t27-/m1/s1. The molecular weight excluding hydrogens is 542 g/mol. The van der Waals surface area contributed by atoms with Gasteiger partial charge in [-0.05, 0) is 62.4 Å². The van der Waals surface area contributed by atoms with E-state index in [-0.39, 0.29) is 43.8 Å². The number of amides is 2. The topological polar surface area (TPSA) is 105 Å². The number of nitrogens with one attached hydrogen (secondary N) is 1. The predicted molar refractivity (Wildman–Crippen MR) is 162 cm³/mol. The van der Waals surface area contributed by atoms with Crippen molar-refractivity contribution >= 4 is 27.5 Å². The minimum Gasteiger partial charge on any atom is -0.497 e. The molecule has 1 atom stereocenters. The smallest absolute Gasteiger partial charge is 0.243 e. The van der Waals surface area contributed by atoms with Gasteiger partial charge >= 0.3 is 0 Å². The first-order valence-corrected chi connectivity index (χ1v) is 16.4. The van der Waals surface area contributed by atoms with E-state index >= 15 is 0 Å². The zero-order valence-corrected chi connectivity index (χ0v) is 25.6. The molecule has 0 aromatic heterocycles. The highest BCUT2D eigenvalue weighted by Crippen LogP contribution is 2.30. The number of hydrogen-bond donors (Lipinski definition) is 1. The van der Waals surface area contributed by atoms with Gasteiger partial charge in [0.15, 0.2) is 0 Å². The van der Waals surface area contributed by atoms with Gasteiger partial charge in [-0.25, -0.2) is 8.42 Å². The molecule has 0 heterocycles. The van der Waals surface area contributed by atoms with E-state index in [1.54, 1.807) is 36.3 Å². The third-order valence-electron chi connectivity index (χ3n) is 7.44. The van der Waals surface area contributed by atoms with E-state index in [4.69, 9.17) is 9.47 Å². The lowest BCUT2D eigenvalue weighted by molar-refractivity contribution is -0.141. The fourth-order valence-electron chi connectivity index (χ4n) is 5.31. The highest BCUT2D eigenvalue weighted by molar-refractivity contribution is 7.92. The summed E-state index contributed by atoms with van der Waals surface area (Å²) >= 11 is 0. The summed E-state index contributed by atoms with van der Waals surface area (Å²) in [6, 6.07) is 13.9. The lowest BCUT2D eigenvalue weighted by atomic mass is 9.95. The number of methoxy groups -OCH3 is 1. The number of carbonyl (C=O) groups excluding carboxylic acids is 2. The van der Waals surface area contributed by atoms with Crippen LogP contribution >= 0.6 is 0 Å². The first-order chi connectivity index (χ1) is 19.7. The lowest BCUT2D eigenvalue weighted by Gasteiger charge is -2.33. The monoisotopic (exact) mass is 587 g/mol.